The average Bonchev–Trinajstić information content (AvgIpc) is 2.80. The van der Waals surface area contributed by atoms with Crippen LogP contribution in [0, 0.1) is 5.92 Å². The van der Waals surface area contributed by atoms with Gasteiger partial charge in [-0.05, 0) is 51.7 Å². The second-order valence-corrected chi connectivity index (χ2v) is 8.77. The van der Waals surface area contributed by atoms with Crippen molar-refractivity contribution in [3.63, 3.8) is 0 Å². The molecular formula is C23H33F3N4O2. The van der Waals surface area contributed by atoms with Gasteiger partial charge in [-0.25, -0.2) is 4.98 Å². The summed E-state index contributed by atoms with van der Waals surface area (Å²) in [5.41, 5.74) is -1.70. The normalized spacial score (nSPS) is 21.2. The Morgan fingerprint density at radius 3 is 2.50 bits per heavy atom. The molecule has 9 heteroatoms. The van der Waals surface area contributed by atoms with Crippen molar-refractivity contribution in [1.29, 1.82) is 0 Å². The standard InChI is InChI=1S/C23H33F3N4O2/c1-3-29(4-2)21(32)22(12-6-5-7-13-22)28-20(31)17-10-9-15-30(16-17)19-18(23(24,25)26)11-8-14-27-19/h8,11,14,17H,3-7,9-10,12-13,15-16H2,1-2H3,(H,28,31). The summed E-state index contributed by atoms with van der Waals surface area (Å²) in [6.07, 6.45) is 1.95. The molecule has 1 aliphatic carbocycles. The van der Waals surface area contributed by atoms with E-state index in [-0.39, 0.29) is 24.2 Å². The van der Waals surface area contributed by atoms with Crippen LogP contribution < -0.4 is 10.2 Å². The van der Waals surface area contributed by atoms with E-state index in [1.165, 1.54) is 12.3 Å². The van der Waals surface area contributed by atoms with Crippen LogP contribution in [0.1, 0.15) is 64.4 Å². The van der Waals surface area contributed by atoms with E-state index in [0.29, 0.717) is 45.3 Å². The van der Waals surface area contributed by atoms with Gasteiger partial charge in [0.25, 0.3) is 0 Å². The highest BCUT2D eigenvalue weighted by Crippen LogP contribution is 2.37. The van der Waals surface area contributed by atoms with Gasteiger partial charge < -0.3 is 15.1 Å². The summed E-state index contributed by atoms with van der Waals surface area (Å²) in [6.45, 7) is 5.55. The Bertz CT molecular complexity index is 805. The molecule has 1 aromatic heterocycles. The van der Waals surface area contributed by atoms with E-state index in [9.17, 15) is 22.8 Å². The SMILES string of the molecule is CCN(CC)C(=O)C1(NC(=O)C2CCCN(c3ncccc3C(F)(F)F)C2)CCCCC1. The molecule has 2 amide bonds. The van der Waals surface area contributed by atoms with Crippen molar-refractivity contribution in [1.82, 2.24) is 15.2 Å². The van der Waals surface area contributed by atoms with Crippen LogP contribution in [-0.2, 0) is 15.8 Å². The summed E-state index contributed by atoms with van der Waals surface area (Å²) < 4.78 is 40.4. The van der Waals surface area contributed by atoms with Crippen LogP contribution in [0.2, 0.25) is 0 Å². The summed E-state index contributed by atoms with van der Waals surface area (Å²) in [6, 6.07) is 2.29. The molecule has 0 bridgehead atoms. The van der Waals surface area contributed by atoms with E-state index in [1.807, 2.05) is 13.8 Å². The molecule has 178 valence electrons. The Kier molecular flexibility index (Phi) is 7.67. The summed E-state index contributed by atoms with van der Waals surface area (Å²) in [7, 11) is 0. The van der Waals surface area contributed by atoms with Crippen LogP contribution in [0.5, 0.6) is 0 Å². The lowest BCUT2D eigenvalue weighted by molar-refractivity contribution is -0.144. The molecule has 2 fully saturated rings. The molecule has 0 spiro atoms. The fourth-order valence-electron chi connectivity index (χ4n) is 4.95. The molecule has 1 saturated carbocycles. The zero-order valence-corrected chi connectivity index (χ0v) is 18.9. The van der Waals surface area contributed by atoms with Crippen LogP contribution >= 0.6 is 0 Å². The van der Waals surface area contributed by atoms with Gasteiger partial charge in [0.2, 0.25) is 11.8 Å². The number of hydrogen-bond acceptors (Lipinski definition) is 4. The number of amides is 2. The third kappa shape index (κ3) is 5.18. The Morgan fingerprint density at radius 1 is 1.19 bits per heavy atom. The monoisotopic (exact) mass is 454 g/mol. The molecule has 1 aliphatic heterocycles. The fraction of sp³-hybridized carbons (Fsp3) is 0.696. The topological polar surface area (TPSA) is 65.5 Å². The maximum atomic E-state index is 13.5. The van der Waals surface area contributed by atoms with Crippen LogP contribution in [-0.4, -0.2) is 53.4 Å². The Hall–Kier alpha value is -2.32. The first-order chi connectivity index (χ1) is 15.2. The van der Waals surface area contributed by atoms with Crippen molar-refractivity contribution in [3.05, 3.63) is 23.9 Å². The summed E-state index contributed by atoms with van der Waals surface area (Å²) >= 11 is 0. The number of nitrogens with one attached hydrogen (secondary N) is 1. The summed E-state index contributed by atoms with van der Waals surface area (Å²) in [5, 5.41) is 3.07. The first-order valence-corrected chi connectivity index (χ1v) is 11.6. The molecule has 1 N–H and O–H groups in total. The van der Waals surface area contributed by atoms with Crippen LogP contribution in [0.25, 0.3) is 0 Å². The van der Waals surface area contributed by atoms with Crippen LogP contribution in [0.3, 0.4) is 0 Å². The molecule has 6 nitrogen and oxygen atoms in total. The largest absolute Gasteiger partial charge is 0.419 e. The quantitative estimate of drug-likeness (QED) is 0.706. The maximum absolute atomic E-state index is 13.5. The van der Waals surface area contributed by atoms with Gasteiger partial charge in [0, 0.05) is 32.4 Å². The van der Waals surface area contributed by atoms with E-state index in [4.69, 9.17) is 0 Å². The number of hydrogen-bond donors (Lipinski definition) is 1. The number of likely N-dealkylation sites (N-methyl/N-ethyl adjacent to an activating group) is 1. The van der Waals surface area contributed by atoms with E-state index >= 15 is 0 Å². The third-order valence-corrected chi connectivity index (χ3v) is 6.71. The molecule has 1 unspecified atom stereocenters. The van der Waals surface area contributed by atoms with E-state index in [2.05, 4.69) is 10.3 Å². The van der Waals surface area contributed by atoms with Crippen molar-refractivity contribution in [2.75, 3.05) is 31.1 Å². The molecule has 2 heterocycles. The Balaban J connectivity index is 1.78. The number of alkyl halides is 3. The number of nitrogens with zero attached hydrogens (tertiary/aromatic N) is 3. The van der Waals surface area contributed by atoms with Gasteiger partial charge in [-0.1, -0.05) is 19.3 Å². The predicted octanol–water partition coefficient (Wildman–Crippen LogP) is 4.00. The molecule has 32 heavy (non-hydrogen) atoms. The van der Waals surface area contributed by atoms with Gasteiger partial charge in [-0.2, -0.15) is 13.2 Å². The minimum Gasteiger partial charge on any atom is -0.355 e. The van der Waals surface area contributed by atoms with E-state index in [0.717, 1.165) is 25.3 Å². The molecule has 1 saturated heterocycles. The van der Waals surface area contributed by atoms with Gasteiger partial charge in [-0.15, -0.1) is 0 Å². The van der Waals surface area contributed by atoms with Gasteiger partial charge in [0.05, 0.1) is 11.5 Å². The van der Waals surface area contributed by atoms with Crippen molar-refractivity contribution in [2.24, 2.45) is 5.92 Å². The Morgan fingerprint density at radius 2 is 1.88 bits per heavy atom. The third-order valence-electron chi connectivity index (χ3n) is 6.71. The smallest absolute Gasteiger partial charge is 0.355 e. The van der Waals surface area contributed by atoms with Crippen molar-refractivity contribution in [2.45, 2.75) is 70.5 Å². The average molecular weight is 455 g/mol. The second-order valence-electron chi connectivity index (χ2n) is 8.77. The van der Waals surface area contributed by atoms with Gasteiger partial charge >= 0.3 is 6.18 Å². The van der Waals surface area contributed by atoms with Crippen molar-refractivity contribution in [3.8, 4) is 0 Å². The number of carbonyl (C=O) groups is 2. The molecule has 0 aromatic carbocycles. The number of anilines is 1. The van der Waals surface area contributed by atoms with Crippen molar-refractivity contribution >= 4 is 17.6 Å². The van der Waals surface area contributed by atoms with Crippen molar-refractivity contribution < 1.29 is 22.8 Å². The molecular weight excluding hydrogens is 421 g/mol. The number of piperidine rings is 1. The first-order valence-electron chi connectivity index (χ1n) is 11.6. The fourth-order valence-corrected chi connectivity index (χ4v) is 4.95. The molecule has 1 aromatic rings. The van der Waals surface area contributed by atoms with Crippen LogP contribution in [0.15, 0.2) is 18.3 Å². The predicted molar refractivity (Wildman–Crippen MR) is 116 cm³/mol. The highest BCUT2D eigenvalue weighted by atomic mass is 19.4. The highest BCUT2D eigenvalue weighted by Gasteiger charge is 2.44. The zero-order valence-electron chi connectivity index (χ0n) is 18.9. The summed E-state index contributed by atoms with van der Waals surface area (Å²) in [5.74, 6) is -0.923. The minimum absolute atomic E-state index is 0.0488. The van der Waals surface area contributed by atoms with Crippen LogP contribution in [0.4, 0.5) is 19.0 Å². The lowest BCUT2D eigenvalue weighted by Crippen LogP contribution is -2.62. The number of halogens is 3. The van der Waals surface area contributed by atoms with Gasteiger partial charge in [0.1, 0.15) is 11.4 Å². The van der Waals surface area contributed by atoms with E-state index < -0.39 is 23.2 Å². The number of aromatic nitrogens is 1. The number of carbonyl (C=O) groups excluding carboxylic acids is 2. The molecule has 3 rings (SSSR count). The summed E-state index contributed by atoms with van der Waals surface area (Å²) in [4.78, 5) is 33.9. The number of pyridine rings is 1. The first kappa shape index (κ1) is 24.3. The second kappa shape index (κ2) is 10.1. The lowest BCUT2D eigenvalue weighted by atomic mass is 9.79. The van der Waals surface area contributed by atoms with Gasteiger partial charge in [0.15, 0.2) is 0 Å². The Labute approximate surface area is 187 Å². The molecule has 2 aliphatic rings. The van der Waals surface area contributed by atoms with Gasteiger partial charge in [-0.3, -0.25) is 9.59 Å². The zero-order chi connectivity index (χ0) is 23.4. The van der Waals surface area contributed by atoms with E-state index in [1.54, 1.807) is 9.80 Å². The highest BCUT2D eigenvalue weighted by molar-refractivity contribution is 5.92. The molecule has 1 atom stereocenters. The lowest BCUT2D eigenvalue weighted by Gasteiger charge is -2.42. The molecule has 0 radical (unpaired) electrons. The minimum atomic E-state index is -4.51. The maximum Gasteiger partial charge on any atom is 0.419 e. The number of rotatable bonds is 6.